The van der Waals surface area contributed by atoms with E-state index in [1.165, 1.54) is 0 Å². The molecule has 3 aromatic rings. The molecule has 0 unspecified atom stereocenters. The first-order valence-electron chi connectivity index (χ1n) is 7.84. The summed E-state index contributed by atoms with van der Waals surface area (Å²) in [4.78, 5) is 20.1. The Morgan fingerprint density at radius 2 is 1.92 bits per heavy atom. The van der Waals surface area contributed by atoms with Gasteiger partial charge in [0.15, 0.2) is 5.82 Å². The lowest BCUT2D eigenvalue weighted by atomic mass is 10.0. The third-order valence-electron chi connectivity index (χ3n) is 3.64. The lowest BCUT2D eigenvalue weighted by Gasteiger charge is -2.25. The minimum atomic E-state index is -0.702. The number of ether oxygens (including phenoxy) is 1. The van der Waals surface area contributed by atoms with Crippen molar-refractivity contribution in [3.63, 3.8) is 0 Å². The average Bonchev–Trinajstić information content (AvgIpc) is 2.53. The van der Waals surface area contributed by atoms with Crippen molar-refractivity contribution in [1.82, 2.24) is 9.97 Å². The number of para-hydroxylation sites is 1. The maximum Gasteiger partial charge on any atom is 0.221 e. The number of amides is 1. The molecule has 0 fully saturated rings. The van der Waals surface area contributed by atoms with Gasteiger partial charge in [-0.05, 0) is 38.1 Å². The number of carbonyl (C=O) groups is 1. The molecule has 3 rings (SSSR count). The van der Waals surface area contributed by atoms with E-state index in [1.54, 1.807) is 0 Å². The van der Waals surface area contributed by atoms with Gasteiger partial charge in [-0.3, -0.25) is 4.79 Å². The summed E-state index contributed by atoms with van der Waals surface area (Å²) in [7, 11) is 0. The van der Waals surface area contributed by atoms with Crippen molar-refractivity contribution < 1.29 is 9.53 Å². The molecule has 0 spiro atoms. The predicted molar refractivity (Wildman–Crippen MR) is 98.5 cm³/mol. The van der Waals surface area contributed by atoms with Gasteiger partial charge in [-0.2, -0.15) is 0 Å². The lowest BCUT2D eigenvalue weighted by molar-refractivity contribution is -0.121. The third kappa shape index (κ3) is 4.06. The van der Waals surface area contributed by atoms with Gasteiger partial charge >= 0.3 is 0 Å². The topological polar surface area (TPSA) is 78.1 Å². The summed E-state index contributed by atoms with van der Waals surface area (Å²) in [5.74, 6) is 0.712. The smallest absolute Gasteiger partial charge is 0.221 e. The molecule has 0 atom stereocenters. The van der Waals surface area contributed by atoms with E-state index < -0.39 is 11.5 Å². The zero-order valence-corrected chi connectivity index (χ0v) is 14.7. The quantitative estimate of drug-likeness (QED) is 0.702. The van der Waals surface area contributed by atoms with Gasteiger partial charge in [0.25, 0.3) is 0 Å². The van der Waals surface area contributed by atoms with Crippen LogP contribution in [-0.2, 0) is 4.79 Å². The standard InChI is InChI=1S/C19H18ClN3O2/c1-19(2,11-16(21)24)25-13-7-5-6-12(10-13)18-22-15-9-4-3-8-14(15)17(20)23-18/h3-10H,11H2,1-2H3,(H2,21,24). The molecule has 0 aliphatic carbocycles. The van der Waals surface area contributed by atoms with E-state index >= 15 is 0 Å². The zero-order valence-electron chi connectivity index (χ0n) is 14.0. The fourth-order valence-electron chi connectivity index (χ4n) is 2.64. The summed E-state index contributed by atoms with van der Waals surface area (Å²) in [6, 6.07) is 14.9. The maximum atomic E-state index is 11.2. The number of aromatic nitrogens is 2. The molecule has 0 bridgehead atoms. The van der Waals surface area contributed by atoms with Crippen LogP contribution < -0.4 is 10.5 Å². The van der Waals surface area contributed by atoms with Crippen molar-refractivity contribution in [2.24, 2.45) is 5.73 Å². The number of hydrogen-bond donors (Lipinski definition) is 1. The normalized spacial score (nSPS) is 11.5. The summed E-state index contributed by atoms with van der Waals surface area (Å²) in [6.45, 7) is 3.63. The highest BCUT2D eigenvalue weighted by Crippen LogP contribution is 2.28. The van der Waals surface area contributed by atoms with Crippen molar-refractivity contribution in [3.8, 4) is 17.1 Å². The largest absolute Gasteiger partial charge is 0.487 e. The molecule has 0 radical (unpaired) electrons. The first-order valence-corrected chi connectivity index (χ1v) is 8.22. The summed E-state index contributed by atoms with van der Waals surface area (Å²) < 4.78 is 5.90. The minimum absolute atomic E-state index is 0.121. The zero-order chi connectivity index (χ0) is 18.0. The van der Waals surface area contributed by atoms with Crippen LogP contribution in [0.3, 0.4) is 0 Å². The van der Waals surface area contributed by atoms with Crippen molar-refractivity contribution in [2.45, 2.75) is 25.9 Å². The van der Waals surface area contributed by atoms with E-state index in [0.29, 0.717) is 16.7 Å². The van der Waals surface area contributed by atoms with Crippen molar-refractivity contribution in [1.29, 1.82) is 0 Å². The molecule has 0 saturated carbocycles. The molecular formula is C19H18ClN3O2. The average molecular weight is 356 g/mol. The van der Waals surface area contributed by atoms with E-state index in [4.69, 9.17) is 22.1 Å². The fourth-order valence-corrected chi connectivity index (χ4v) is 2.88. The molecule has 0 saturated heterocycles. The van der Waals surface area contributed by atoms with Crippen LogP contribution >= 0.6 is 11.6 Å². The number of nitrogens with two attached hydrogens (primary N) is 1. The second kappa shape index (κ2) is 6.69. The van der Waals surface area contributed by atoms with Gasteiger partial charge in [0.2, 0.25) is 5.91 Å². The SMILES string of the molecule is CC(C)(CC(N)=O)Oc1cccc(-c2nc(Cl)c3ccccc3n2)c1. The minimum Gasteiger partial charge on any atom is -0.487 e. The highest BCUT2D eigenvalue weighted by atomic mass is 35.5. The van der Waals surface area contributed by atoms with E-state index in [9.17, 15) is 4.79 Å². The molecule has 1 heterocycles. The van der Waals surface area contributed by atoms with E-state index in [2.05, 4.69) is 9.97 Å². The van der Waals surface area contributed by atoms with Gasteiger partial charge < -0.3 is 10.5 Å². The first-order chi connectivity index (χ1) is 11.8. The molecule has 0 aliphatic rings. The first kappa shape index (κ1) is 17.2. The number of primary amides is 1. The van der Waals surface area contributed by atoms with Crippen molar-refractivity contribution >= 4 is 28.4 Å². The third-order valence-corrected chi connectivity index (χ3v) is 3.93. The van der Waals surface area contributed by atoms with Crippen LogP contribution in [0, 0.1) is 0 Å². The van der Waals surface area contributed by atoms with Crippen LogP contribution in [0.4, 0.5) is 0 Å². The van der Waals surface area contributed by atoms with Gasteiger partial charge in [-0.15, -0.1) is 0 Å². The summed E-state index contributed by atoms with van der Waals surface area (Å²) >= 11 is 6.28. The van der Waals surface area contributed by atoms with E-state index in [0.717, 1.165) is 16.5 Å². The van der Waals surface area contributed by atoms with Crippen molar-refractivity contribution in [3.05, 3.63) is 53.7 Å². The number of nitrogens with zero attached hydrogens (tertiary/aromatic N) is 2. The summed E-state index contributed by atoms with van der Waals surface area (Å²) in [6.07, 6.45) is 0.121. The van der Waals surface area contributed by atoms with E-state index in [-0.39, 0.29) is 6.42 Å². The van der Waals surface area contributed by atoms with Crippen LogP contribution in [0.25, 0.3) is 22.3 Å². The van der Waals surface area contributed by atoms with Gasteiger partial charge in [-0.1, -0.05) is 35.9 Å². The predicted octanol–water partition coefficient (Wildman–Crippen LogP) is 3.98. The van der Waals surface area contributed by atoms with Crippen molar-refractivity contribution in [2.75, 3.05) is 0 Å². The summed E-state index contributed by atoms with van der Waals surface area (Å²) in [5, 5.41) is 1.21. The Labute approximate surface area is 150 Å². The van der Waals surface area contributed by atoms with Crippen LogP contribution in [0.2, 0.25) is 5.15 Å². The number of fused-ring (bicyclic) bond motifs is 1. The highest BCUT2D eigenvalue weighted by molar-refractivity contribution is 6.34. The Morgan fingerprint density at radius 1 is 1.16 bits per heavy atom. The number of rotatable bonds is 5. The van der Waals surface area contributed by atoms with Crippen LogP contribution in [0.1, 0.15) is 20.3 Å². The molecular weight excluding hydrogens is 338 g/mol. The molecule has 0 aliphatic heterocycles. The maximum absolute atomic E-state index is 11.2. The number of benzene rings is 2. The van der Waals surface area contributed by atoms with Crippen LogP contribution in [-0.4, -0.2) is 21.5 Å². The summed E-state index contributed by atoms with van der Waals surface area (Å²) in [5.41, 5.74) is 6.12. The molecule has 1 amide bonds. The highest BCUT2D eigenvalue weighted by Gasteiger charge is 2.23. The molecule has 6 heteroatoms. The second-order valence-corrected chi connectivity index (χ2v) is 6.75. The molecule has 5 nitrogen and oxygen atoms in total. The Bertz CT molecular complexity index is 941. The van der Waals surface area contributed by atoms with Gasteiger partial charge in [0.1, 0.15) is 16.5 Å². The molecule has 1 aromatic heterocycles. The number of hydrogen-bond acceptors (Lipinski definition) is 4. The molecule has 128 valence electrons. The molecule has 2 aromatic carbocycles. The number of halogens is 1. The second-order valence-electron chi connectivity index (χ2n) is 6.39. The van der Waals surface area contributed by atoms with Crippen LogP contribution in [0.5, 0.6) is 5.75 Å². The lowest BCUT2D eigenvalue weighted by Crippen LogP contribution is -2.34. The van der Waals surface area contributed by atoms with Gasteiger partial charge in [0.05, 0.1) is 11.9 Å². The Morgan fingerprint density at radius 3 is 2.68 bits per heavy atom. The van der Waals surface area contributed by atoms with Crippen LogP contribution in [0.15, 0.2) is 48.5 Å². The Kier molecular flexibility index (Phi) is 4.59. The molecule has 2 N–H and O–H groups in total. The van der Waals surface area contributed by atoms with Gasteiger partial charge in [-0.25, -0.2) is 9.97 Å². The Hall–Kier alpha value is -2.66. The molecule has 25 heavy (non-hydrogen) atoms. The van der Waals surface area contributed by atoms with E-state index in [1.807, 2.05) is 62.4 Å². The fraction of sp³-hybridized carbons (Fsp3) is 0.211. The Balaban J connectivity index is 1.95. The van der Waals surface area contributed by atoms with Gasteiger partial charge in [0, 0.05) is 10.9 Å². The number of carbonyl (C=O) groups excluding carboxylic acids is 1. The monoisotopic (exact) mass is 355 g/mol.